The molecule has 0 aromatic carbocycles. The molecule has 0 radical (unpaired) electrons. The zero-order chi connectivity index (χ0) is 19.0. The van der Waals surface area contributed by atoms with E-state index < -0.39 is 0 Å². The quantitative estimate of drug-likeness (QED) is 0.688. The van der Waals surface area contributed by atoms with Crippen LogP contribution in [0.4, 0.5) is 0 Å². The average molecular weight is 364 g/mol. The molecule has 1 fully saturated rings. The van der Waals surface area contributed by atoms with Crippen molar-refractivity contribution in [2.24, 2.45) is 0 Å². The molecule has 0 amide bonds. The van der Waals surface area contributed by atoms with E-state index in [1.54, 1.807) is 16.8 Å². The first kappa shape index (κ1) is 17.4. The predicted molar refractivity (Wildman–Crippen MR) is 99.5 cm³/mol. The third-order valence-electron chi connectivity index (χ3n) is 4.92. The van der Waals surface area contributed by atoms with Crippen molar-refractivity contribution >= 4 is 16.7 Å². The van der Waals surface area contributed by atoms with Gasteiger partial charge in [-0.05, 0) is 24.6 Å². The Morgan fingerprint density at radius 2 is 2.07 bits per heavy atom. The lowest BCUT2D eigenvalue weighted by molar-refractivity contribution is 0.0364. The van der Waals surface area contributed by atoms with Crippen LogP contribution in [-0.4, -0.2) is 51.7 Å². The summed E-state index contributed by atoms with van der Waals surface area (Å²) in [6.45, 7) is 6.16. The Morgan fingerprint density at radius 1 is 1.30 bits per heavy atom. The van der Waals surface area contributed by atoms with Crippen LogP contribution in [0.25, 0.3) is 16.7 Å². The van der Waals surface area contributed by atoms with E-state index >= 15 is 0 Å². The second kappa shape index (κ2) is 6.95. The zero-order valence-corrected chi connectivity index (χ0v) is 15.1. The predicted octanol–water partition coefficient (Wildman–Crippen LogP) is 0.641. The van der Waals surface area contributed by atoms with Gasteiger partial charge in [-0.3, -0.25) is 19.5 Å². The van der Waals surface area contributed by atoms with Crippen molar-refractivity contribution in [3.8, 4) is 6.07 Å². The molecule has 4 rings (SSSR count). The molecule has 1 aliphatic rings. The van der Waals surface area contributed by atoms with Crippen LogP contribution >= 0.6 is 0 Å². The highest BCUT2D eigenvalue weighted by Crippen LogP contribution is 2.11. The molecule has 0 bridgehead atoms. The lowest BCUT2D eigenvalue weighted by Crippen LogP contribution is -2.39. The maximum atomic E-state index is 13.0. The minimum absolute atomic E-state index is 0.0848. The van der Waals surface area contributed by atoms with E-state index in [0.29, 0.717) is 43.0 Å². The molecule has 0 spiro atoms. The van der Waals surface area contributed by atoms with Crippen molar-refractivity contribution in [3.05, 3.63) is 51.4 Å². The Bertz CT molecular complexity index is 1180. The molecule has 8 nitrogen and oxygen atoms in total. The molecule has 0 unspecified atom stereocenters. The molecule has 3 aromatic rings. The summed E-state index contributed by atoms with van der Waals surface area (Å²) in [4.78, 5) is 19.9. The maximum Gasteiger partial charge on any atom is 0.267 e. The Labute approximate surface area is 155 Å². The zero-order valence-electron chi connectivity index (χ0n) is 15.1. The van der Waals surface area contributed by atoms with Crippen molar-refractivity contribution in [2.75, 3.05) is 32.8 Å². The van der Waals surface area contributed by atoms with Gasteiger partial charge in [-0.1, -0.05) is 6.07 Å². The van der Waals surface area contributed by atoms with Crippen LogP contribution in [0.15, 0.2) is 29.2 Å². The Kier molecular flexibility index (Phi) is 4.48. The number of nitrogens with zero attached hydrogens (tertiary/aromatic N) is 5. The lowest BCUT2D eigenvalue weighted by Gasteiger charge is -2.27. The molecule has 1 aliphatic heterocycles. The molecule has 4 heterocycles. The van der Waals surface area contributed by atoms with Crippen LogP contribution in [-0.2, 0) is 11.3 Å². The van der Waals surface area contributed by atoms with Crippen molar-refractivity contribution in [3.63, 3.8) is 0 Å². The van der Waals surface area contributed by atoms with Crippen LogP contribution in [0, 0.1) is 23.7 Å². The SMILES string of the molecule is Cc1ccc2nc3c(cc(C#N)c(=N)n3CCN3CCOCC3)c(=O)n2c1. The summed E-state index contributed by atoms with van der Waals surface area (Å²) in [6, 6.07) is 7.21. The van der Waals surface area contributed by atoms with Crippen LogP contribution in [0.1, 0.15) is 11.1 Å². The number of aryl methyl sites for hydroxylation is 1. The first-order valence-corrected chi connectivity index (χ1v) is 8.90. The topological polar surface area (TPSA) is 99.4 Å². The first-order chi connectivity index (χ1) is 13.1. The van der Waals surface area contributed by atoms with Gasteiger partial charge in [-0.25, -0.2) is 4.98 Å². The number of rotatable bonds is 3. The molecule has 0 aliphatic carbocycles. The maximum absolute atomic E-state index is 13.0. The third-order valence-corrected chi connectivity index (χ3v) is 4.92. The van der Waals surface area contributed by atoms with E-state index in [4.69, 9.17) is 10.1 Å². The molecule has 27 heavy (non-hydrogen) atoms. The van der Waals surface area contributed by atoms with Gasteiger partial charge in [-0.15, -0.1) is 0 Å². The van der Waals surface area contributed by atoms with E-state index in [0.717, 1.165) is 18.7 Å². The number of nitriles is 1. The number of aromatic nitrogens is 3. The molecule has 3 aromatic heterocycles. The van der Waals surface area contributed by atoms with Gasteiger partial charge >= 0.3 is 0 Å². The number of pyridine rings is 2. The van der Waals surface area contributed by atoms with Gasteiger partial charge in [0.1, 0.15) is 22.9 Å². The van der Waals surface area contributed by atoms with E-state index in [1.807, 2.05) is 19.1 Å². The number of hydrogen-bond acceptors (Lipinski definition) is 6. The highest BCUT2D eigenvalue weighted by molar-refractivity contribution is 5.77. The second-order valence-corrected chi connectivity index (χ2v) is 6.71. The lowest BCUT2D eigenvalue weighted by atomic mass is 10.2. The molecule has 138 valence electrons. The smallest absolute Gasteiger partial charge is 0.267 e. The Balaban J connectivity index is 1.90. The highest BCUT2D eigenvalue weighted by Gasteiger charge is 2.15. The summed E-state index contributed by atoms with van der Waals surface area (Å²) in [5.41, 5.74) is 1.96. The van der Waals surface area contributed by atoms with Gasteiger partial charge in [0.15, 0.2) is 0 Å². The summed E-state index contributed by atoms with van der Waals surface area (Å²) in [6.07, 6.45) is 1.74. The molecule has 0 atom stereocenters. The third kappa shape index (κ3) is 3.12. The van der Waals surface area contributed by atoms with Gasteiger partial charge in [-0.2, -0.15) is 5.26 Å². The van der Waals surface area contributed by atoms with Crippen LogP contribution in [0.3, 0.4) is 0 Å². The normalized spacial score (nSPS) is 15.3. The van der Waals surface area contributed by atoms with Crippen molar-refractivity contribution < 1.29 is 4.74 Å². The van der Waals surface area contributed by atoms with E-state index in [1.165, 1.54) is 10.5 Å². The number of nitrogens with one attached hydrogen (secondary N) is 1. The number of morpholine rings is 1. The molecule has 1 saturated heterocycles. The minimum atomic E-state index is -0.227. The summed E-state index contributed by atoms with van der Waals surface area (Å²) in [5, 5.41) is 18.2. The summed E-state index contributed by atoms with van der Waals surface area (Å²) >= 11 is 0. The van der Waals surface area contributed by atoms with Gasteiger partial charge in [0, 0.05) is 32.4 Å². The number of ether oxygens (including phenoxy) is 1. The summed E-state index contributed by atoms with van der Waals surface area (Å²) < 4.78 is 8.54. The minimum Gasteiger partial charge on any atom is -0.379 e. The Morgan fingerprint density at radius 3 is 2.81 bits per heavy atom. The average Bonchev–Trinajstić information content (AvgIpc) is 2.69. The molecule has 0 saturated carbocycles. The fourth-order valence-corrected chi connectivity index (χ4v) is 3.41. The molecular weight excluding hydrogens is 344 g/mol. The molecule has 1 N–H and O–H groups in total. The number of hydrogen-bond donors (Lipinski definition) is 1. The number of fused-ring (bicyclic) bond motifs is 2. The van der Waals surface area contributed by atoms with E-state index in [2.05, 4.69) is 9.88 Å². The van der Waals surface area contributed by atoms with Crippen molar-refractivity contribution in [1.29, 1.82) is 10.7 Å². The van der Waals surface area contributed by atoms with Gasteiger partial charge in [0.25, 0.3) is 5.56 Å². The molecule has 8 heteroatoms. The molecular formula is C19H20N6O2. The van der Waals surface area contributed by atoms with Gasteiger partial charge in [0.05, 0.1) is 24.2 Å². The van der Waals surface area contributed by atoms with Crippen molar-refractivity contribution in [1.82, 2.24) is 18.9 Å². The fourth-order valence-electron chi connectivity index (χ4n) is 3.41. The van der Waals surface area contributed by atoms with Crippen LogP contribution in [0.5, 0.6) is 0 Å². The Hall–Kier alpha value is -3.02. The first-order valence-electron chi connectivity index (χ1n) is 8.90. The fraction of sp³-hybridized carbons (Fsp3) is 0.368. The monoisotopic (exact) mass is 364 g/mol. The summed E-state index contributed by atoms with van der Waals surface area (Å²) in [7, 11) is 0. The van der Waals surface area contributed by atoms with Gasteiger partial charge < -0.3 is 9.30 Å². The van der Waals surface area contributed by atoms with Crippen LogP contribution < -0.4 is 11.0 Å². The second-order valence-electron chi connectivity index (χ2n) is 6.71. The van der Waals surface area contributed by atoms with E-state index in [9.17, 15) is 10.1 Å². The highest BCUT2D eigenvalue weighted by atomic mass is 16.5. The standard InChI is InChI=1S/C19H20N6O2/c1-13-2-3-16-22-18-15(19(26)25(16)12-13)10-14(11-20)17(21)24(18)5-4-23-6-8-27-9-7-23/h2-3,10,12,21H,4-9H2,1H3. The largest absolute Gasteiger partial charge is 0.379 e. The van der Waals surface area contributed by atoms with Gasteiger partial charge in [0.2, 0.25) is 0 Å². The summed E-state index contributed by atoms with van der Waals surface area (Å²) in [5.74, 6) is 0. The van der Waals surface area contributed by atoms with Crippen molar-refractivity contribution in [2.45, 2.75) is 13.5 Å². The van der Waals surface area contributed by atoms with E-state index in [-0.39, 0.29) is 16.6 Å². The van der Waals surface area contributed by atoms with Crippen LogP contribution in [0.2, 0.25) is 0 Å².